The molecule has 0 aromatic heterocycles. The highest BCUT2D eigenvalue weighted by Crippen LogP contribution is 2.34. The maximum Gasteiger partial charge on any atom is 0.185 e. The molecule has 0 fully saturated rings. The zero-order chi connectivity index (χ0) is 15.5. The number of hydrogen-bond acceptors (Lipinski definition) is 3. The van der Waals surface area contributed by atoms with E-state index in [1.807, 2.05) is 18.2 Å². The third-order valence-corrected chi connectivity index (χ3v) is 6.10. The van der Waals surface area contributed by atoms with Crippen LogP contribution in [0.15, 0.2) is 53.4 Å². The molecule has 0 radical (unpaired) electrons. The Balaban J connectivity index is 2.50. The van der Waals surface area contributed by atoms with Crippen LogP contribution >= 0.6 is 23.2 Å². The Kier molecular flexibility index (Phi) is 5.27. The highest BCUT2D eigenvalue weighted by atomic mass is 35.5. The summed E-state index contributed by atoms with van der Waals surface area (Å²) in [5.41, 5.74) is 6.30. The summed E-state index contributed by atoms with van der Waals surface area (Å²) in [6, 6.07) is 13.4. The number of sulfone groups is 1. The third kappa shape index (κ3) is 3.58. The standard InChI is InChI=1S/C15H15Cl2NO2S/c16-13-7-6-12(10-14(13)17)21(19,20)15(8-9-18)11-4-2-1-3-5-11/h1-7,10,15H,8-9,18H2. The first-order valence-electron chi connectivity index (χ1n) is 6.41. The normalized spacial score (nSPS) is 13.1. The van der Waals surface area contributed by atoms with E-state index in [1.165, 1.54) is 18.2 Å². The van der Waals surface area contributed by atoms with Crippen LogP contribution in [0, 0.1) is 0 Å². The zero-order valence-electron chi connectivity index (χ0n) is 11.2. The van der Waals surface area contributed by atoms with Gasteiger partial charge in [0, 0.05) is 0 Å². The van der Waals surface area contributed by atoms with E-state index < -0.39 is 15.1 Å². The molecule has 2 aromatic rings. The van der Waals surface area contributed by atoms with Gasteiger partial charge in [-0.25, -0.2) is 8.42 Å². The van der Waals surface area contributed by atoms with E-state index in [0.717, 1.165) is 0 Å². The van der Waals surface area contributed by atoms with Crippen molar-refractivity contribution in [1.29, 1.82) is 0 Å². The maximum atomic E-state index is 12.8. The molecule has 0 spiro atoms. The van der Waals surface area contributed by atoms with Gasteiger partial charge in [0.05, 0.1) is 20.2 Å². The summed E-state index contributed by atoms with van der Waals surface area (Å²) in [6.45, 7) is 0.278. The lowest BCUT2D eigenvalue weighted by Crippen LogP contribution is -2.17. The van der Waals surface area contributed by atoms with E-state index >= 15 is 0 Å². The number of hydrogen-bond donors (Lipinski definition) is 1. The minimum Gasteiger partial charge on any atom is -0.330 e. The van der Waals surface area contributed by atoms with E-state index in [4.69, 9.17) is 28.9 Å². The first kappa shape index (κ1) is 16.3. The second-order valence-corrected chi connectivity index (χ2v) is 7.54. The summed E-state index contributed by atoms with van der Waals surface area (Å²) >= 11 is 11.8. The molecule has 21 heavy (non-hydrogen) atoms. The van der Waals surface area contributed by atoms with E-state index in [-0.39, 0.29) is 16.5 Å². The highest BCUT2D eigenvalue weighted by Gasteiger charge is 2.28. The van der Waals surface area contributed by atoms with E-state index in [0.29, 0.717) is 17.0 Å². The monoisotopic (exact) mass is 343 g/mol. The predicted molar refractivity (Wildman–Crippen MR) is 86.5 cm³/mol. The van der Waals surface area contributed by atoms with Crippen LogP contribution in [0.25, 0.3) is 0 Å². The van der Waals surface area contributed by atoms with Crippen molar-refractivity contribution in [3.8, 4) is 0 Å². The fourth-order valence-corrected chi connectivity index (χ4v) is 4.33. The van der Waals surface area contributed by atoms with Crippen LogP contribution in [0.4, 0.5) is 0 Å². The van der Waals surface area contributed by atoms with E-state index in [9.17, 15) is 8.42 Å². The smallest absolute Gasteiger partial charge is 0.185 e. The Bertz CT molecular complexity index is 718. The largest absolute Gasteiger partial charge is 0.330 e. The van der Waals surface area contributed by atoms with Gasteiger partial charge in [-0.3, -0.25) is 0 Å². The Morgan fingerprint density at radius 3 is 2.24 bits per heavy atom. The fraction of sp³-hybridized carbons (Fsp3) is 0.200. The van der Waals surface area contributed by atoms with Gasteiger partial charge in [-0.05, 0) is 36.7 Å². The van der Waals surface area contributed by atoms with Crippen LogP contribution in [0.3, 0.4) is 0 Å². The van der Waals surface area contributed by atoms with Crippen molar-refractivity contribution in [2.75, 3.05) is 6.54 Å². The summed E-state index contributed by atoms with van der Waals surface area (Å²) in [4.78, 5) is 0.152. The van der Waals surface area contributed by atoms with Crippen molar-refractivity contribution < 1.29 is 8.42 Å². The molecule has 0 bridgehead atoms. The van der Waals surface area contributed by atoms with Gasteiger partial charge in [0.25, 0.3) is 0 Å². The molecule has 0 aliphatic carbocycles. The lowest BCUT2D eigenvalue weighted by molar-refractivity contribution is 0.576. The van der Waals surface area contributed by atoms with Gasteiger partial charge in [0.2, 0.25) is 0 Å². The molecule has 0 heterocycles. The third-order valence-electron chi connectivity index (χ3n) is 3.19. The predicted octanol–water partition coefficient (Wildman–Crippen LogP) is 3.86. The molecule has 2 aromatic carbocycles. The molecule has 0 saturated carbocycles. The van der Waals surface area contributed by atoms with E-state index in [2.05, 4.69) is 0 Å². The molecule has 0 aliphatic rings. The van der Waals surface area contributed by atoms with Crippen LogP contribution in [-0.4, -0.2) is 15.0 Å². The Labute approximate surface area is 134 Å². The number of halogens is 2. The highest BCUT2D eigenvalue weighted by molar-refractivity contribution is 7.91. The first-order chi connectivity index (χ1) is 9.96. The van der Waals surface area contributed by atoms with Gasteiger partial charge in [-0.2, -0.15) is 0 Å². The second-order valence-electron chi connectivity index (χ2n) is 4.60. The van der Waals surface area contributed by atoms with Crippen LogP contribution in [0.5, 0.6) is 0 Å². The Morgan fingerprint density at radius 1 is 1.00 bits per heavy atom. The molecule has 1 atom stereocenters. The number of nitrogens with two attached hydrogens (primary N) is 1. The fourth-order valence-electron chi connectivity index (χ4n) is 2.14. The van der Waals surface area contributed by atoms with Crippen LogP contribution < -0.4 is 5.73 Å². The SMILES string of the molecule is NCCC(c1ccccc1)S(=O)(=O)c1ccc(Cl)c(Cl)c1. The molecule has 112 valence electrons. The first-order valence-corrected chi connectivity index (χ1v) is 8.71. The summed E-state index contributed by atoms with van der Waals surface area (Å²) in [5, 5.41) is -0.149. The van der Waals surface area contributed by atoms with Crippen LogP contribution in [0.1, 0.15) is 17.2 Å². The summed E-state index contributed by atoms with van der Waals surface area (Å²) in [6.07, 6.45) is 0.340. The van der Waals surface area contributed by atoms with Crippen molar-refractivity contribution >= 4 is 33.0 Å². The molecule has 2 N–H and O–H groups in total. The average Bonchev–Trinajstić information content (AvgIpc) is 2.48. The lowest BCUT2D eigenvalue weighted by atomic mass is 10.1. The molecule has 2 rings (SSSR count). The molecule has 6 heteroatoms. The van der Waals surface area contributed by atoms with Crippen LogP contribution in [0.2, 0.25) is 10.0 Å². The van der Waals surface area contributed by atoms with Crippen LogP contribution in [-0.2, 0) is 9.84 Å². The molecule has 0 amide bonds. The van der Waals surface area contributed by atoms with Gasteiger partial charge >= 0.3 is 0 Å². The summed E-state index contributed by atoms with van der Waals surface area (Å²) in [7, 11) is -3.58. The van der Waals surface area contributed by atoms with Crippen molar-refractivity contribution in [3.05, 3.63) is 64.1 Å². The number of benzene rings is 2. The van der Waals surface area contributed by atoms with Crippen molar-refractivity contribution in [1.82, 2.24) is 0 Å². The zero-order valence-corrected chi connectivity index (χ0v) is 13.5. The van der Waals surface area contributed by atoms with Crippen molar-refractivity contribution in [2.45, 2.75) is 16.6 Å². The minimum atomic E-state index is -3.58. The average molecular weight is 344 g/mol. The topological polar surface area (TPSA) is 60.2 Å². The minimum absolute atomic E-state index is 0.152. The van der Waals surface area contributed by atoms with Crippen molar-refractivity contribution in [2.24, 2.45) is 5.73 Å². The summed E-state index contributed by atoms with van der Waals surface area (Å²) in [5.74, 6) is 0. The Morgan fingerprint density at radius 2 is 1.67 bits per heavy atom. The Hall–Kier alpha value is -1.07. The quantitative estimate of drug-likeness (QED) is 0.896. The van der Waals surface area contributed by atoms with Gasteiger partial charge in [-0.1, -0.05) is 53.5 Å². The lowest BCUT2D eigenvalue weighted by Gasteiger charge is -2.18. The molecule has 3 nitrogen and oxygen atoms in total. The maximum absolute atomic E-state index is 12.8. The molecular formula is C15H15Cl2NO2S. The van der Waals surface area contributed by atoms with Crippen molar-refractivity contribution in [3.63, 3.8) is 0 Å². The van der Waals surface area contributed by atoms with Gasteiger partial charge in [0.15, 0.2) is 9.84 Å². The summed E-state index contributed by atoms with van der Waals surface area (Å²) < 4.78 is 25.7. The second kappa shape index (κ2) is 6.79. The molecular weight excluding hydrogens is 329 g/mol. The van der Waals surface area contributed by atoms with Gasteiger partial charge in [-0.15, -0.1) is 0 Å². The molecule has 0 aliphatic heterocycles. The molecule has 1 unspecified atom stereocenters. The molecule has 0 saturated heterocycles. The van der Waals surface area contributed by atoms with Gasteiger partial charge in [0.1, 0.15) is 0 Å². The number of rotatable bonds is 5. The van der Waals surface area contributed by atoms with E-state index in [1.54, 1.807) is 12.1 Å². The van der Waals surface area contributed by atoms with Gasteiger partial charge < -0.3 is 5.73 Å².